The highest BCUT2D eigenvalue weighted by molar-refractivity contribution is 5.85. The lowest BCUT2D eigenvalue weighted by molar-refractivity contribution is 0.115. The molecule has 1 amide bonds. The predicted molar refractivity (Wildman–Crippen MR) is 65.0 cm³/mol. The Kier molecular flexibility index (Phi) is 4.19. The fourth-order valence-electron chi connectivity index (χ4n) is 2.12. The zero-order valence-corrected chi connectivity index (χ0v) is 10.3. The Morgan fingerprint density at radius 2 is 1.94 bits per heavy atom. The van der Waals surface area contributed by atoms with Gasteiger partial charge in [0.1, 0.15) is 0 Å². The van der Waals surface area contributed by atoms with Crippen molar-refractivity contribution in [3.8, 4) is 0 Å². The summed E-state index contributed by atoms with van der Waals surface area (Å²) in [4.78, 5) is 11.1. The van der Waals surface area contributed by atoms with Gasteiger partial charge in [-0.1, -0.05) is 18.2 Å². The summed E-state index contributed by atoms with van der Waals surface area (Å²) in [5, 5.41) is 2.85. The van der Waals surface area contributed by atoms with Crippen molar-refractivity contribution in [1.29, 1.82) is 0 Å². The van der Waals surface area contributed by atoms with Gasteiger partial charge in [-0.25, -0.2) is 4.79 Å². The largest absolute Gasteiger partial charge is 0.449 e. The molecule has 0 aromatic heterocycles. The average Bonchev–Trinajstić information content (AvgIpc) is 2.17. The second-order valence-electron chi connectivity index (χ2n) is 3.93. The van der Waals surface area contributed by atoms with E-state index in [0.717, 1.165) is 6.42 Å². The summed E-state index contributed by atoms with van der Waals surface area (Å²) in [6, 6.07) is 6.29. The maximum atomic E-state index is 11.1. The summed E-state index contributed by atoms with van der Waals surface area (Å²) in [6.45, 7) is 4.65. The number of ether oxygens (including phenoxy) is 1. The van der Waals surface area contributed by atoms with E-state index in [1.807, 2.05) is 6.07 Å². The number of amides is 1. The first kappa shape index (κ1) is 12.8. The molecule has 1 saturated heterocycles. The van der Waals surface area contributed by atoms with E-state index >= 15 is 0 Å². The predicted octanol–water partition coefficient (Wildman–Crippen LogP) is 2.90. The van der Waals surface area contributed by atoms with Crippen LogP contribution in [-0.2, 0) is 4.74 Å². The van der Waals surface area contributed by atoms with Crippen LogP contribution in [0.3, 0.4) is 0 Å². The Balaban J connectivity index is 0.00000128. The van der Waals surface area contributed by atoms with Crippen molar-refractivity contribution in [1.82, 2.24) is 5.32 Å². The number of aryl methyl sites for hydroxylation is 2. The first-order chi connectivity index (χ1) is 7.18. The number of benzene rings is 1. The number of halogens is 1. The van der Waals surface area contributed by atoms with Crippen LogP contribution in [0, 0.1) is 13.8 Å². The lowest BCUT2D eigenvalue weighted by atomic mass is 9.94. The maximum Gasteiger partial charge on any atom is 0.407 e. The molecule has 1 aliphatic heterocycles. The quantitative estimate of drug-likeness (QED) is 0.821. The number of carbonyl (C=O) groups excluding carboxylic acids is 1. The van der Waals surface area contributed by atoms with Crippen LogP contribution in [0.25, 0.3) is 0 Å². The molecule has 3 nitrogen and oxygen atoms in total. The van der Waals surface area contributed by atoms with Crippen LogP contribution in [0.15, 0.2) is 18.2 Å². The third-order valence-electron chi connectivity index (χ3n) is 2.82. The van der Waals surface area contributed by atoms with Crippen LogP contribution < -0.4 is 5.32 Å². The van der Waals surface area contributed by atoms with Crippen LogP contribution in [0.1, 0.15) is 29.2 Å². The Morgan fingerprint density at radius 3 is 2.50 bits per heavy atom. The van der Waals surface area contributed by atoms with Crippen molar-refractivity contribution in [3.63, 3.8) is 0 Å². The van der Waals surface area contributed by atoms with Gasteiger partial charge in [-0.3, -0.25) is 0 Å². The number of cyclic esters (lactones) is 1. The third-order valence-corrected chi connectivity index (χ3v) is 2.82. The maximum absolute atomic E-state index is 11.1. The zero-order chi connectivity index (χ0) is 10.8. The van der Waals surface area contributed by atoms with Gasteiger partial charge in [-0.05, 0) is 30.5 Å². The average molecular weight is 242 g/mol. The van der Waals surface area contributed by atoms with E-state index in [9.17, 15) is 4.79 Å². The monoisotopic (exact) mass is 241 g/mol. The zero-order valence-electron chi connectivity index (χ0n) is 9.45. The second kappa shape index (κ2) is 5.21. The van der Waals surface area contributed by atoms with Gasteiger partial charge in [-0.15, -0.1) is 12.4 Å². The van der Waals surface area contributed by atoms with Crippen molar-refractivity contribution < 1.29 is 9.53 Å². The summed E-state index contributed by atoms with van der Waals surface area (Å²) in [5.41, 5.74) is 3.68. The van der Waals surface area contributed by atoms with E-state index in [2.05, 4.69) is 31.3 Å². The topological polar surface area (TPSA) is 38.3 Å². The summed E-state index contributed by atoms with van der Waals surface area (Å²) in [5.74, 6) is 0. The fraction of sp³-hybridized carbons (Fsp3) is 0.417. The van der Waals surface area contributed by atoms with E-state index in [1.54, 1.807) is 0 Å². The second-order valence-corrected chi connectivity index (χ2v) is 3.93. The van der Waals surface area contributed by atoms with E-state index in [1.165, 1.54) is 16.7 Å². The lowest BCUT2D eigenvalue weighted by Gasteiger charge is -2.26. The fourth-order valence-corrected chi connectivity index (χ4v) is 2.12. The van der Waals surface area contributed by atoms with Crippen molar-refractivity contribution in [3.05, 3.63) is 34.9 Å². The molecule has 0 saturated carbocycles. The van der Waals surface area contributed by atoms with Gasteiger partial charge in [0.2, 0.25) is 0 Å². The van der Waals surface area contributed by atoms with E-state index in [-0.39, 0.29) is 24.5 Å². The summed E-state index contributed by atoms with van der Waals surface area (Å²) < 4.78 is 4.86. The molecule has 0 radical (unpaired) electrons. The Hall–Kier alpha value is -1.22. The molecule has 1 aromatic carbocycles. The van der Waals surface area contributed by atoms with Gasteiger partial charge in [0.05, 0.1) is 12.6 Å². The van der Waals surface area contributed by atoms with Crippen molar-refractivity contribution in [2.24, 2.45) is 0 Å². The molecular weight excluding hydrogens is 226 g/mol. The van der Waals surface area contributed by atoms with Crippen LogP contribution in [0.2, 0.25) is 0 Å². The molecule has 1 heterocycles. The standard InChI is InChI=1S/C12H15NO2.ClH/c1-8-4-3-5-9(2)11(8)10-6-7-15-12(14)13-10;/h3-5,10H,6-7H2,1-2H3,(H,13,14);1H/t10-;/m1./s1. The molecule has 0 unspecified atom stereocenters. The molecule has 1 N–H and O–H groups in total. The van der Waals surface area contributed by atoms with Crippen LogP contribution in [0.4, 0.5) is 4.79 Å². The molecular formula is C12H16ClNO2. The van der Waals surface area contributed by atoms with Crippen LogP contribution in [0.5, 0.6) is 0 Å². The van der Waals surface area contributed by atoms with Crippen molar-refractivity contribution in [2.75, 3.05) is 6.61 Å². The number of rotatable bonds is 1. The van der Waals surface area contributed by atoms with Crippen molar-refractivity contribution >= 4 is 18.5 Å². The molecule has 0 bridgehead atoms. The summed E-state index contributed by atoms with van der Waals surface area (Å²) in [7, 11) is 0. The van der Waals surface area contributed by atoms with E-state index in [0.29, 0.717) is 6.61 Å². The number of carbonyl (C=O) groups is 1. The molecule has 0 aliphatic carbocycles. The molecule has 1 atom stereocenters. The lowest BCUT2D eigenvalue weighted by Crippen LogP contribution is -2.36. The Bertz CT molecular complexity index is 372. The number of nitrogens with one attached hydrogen (secondary N) is 1. The highest BCUT2D eigenvalue weighted by Crippen LogP contribution is 2.26. The summed E-state index contributed by atoms with van der Waals surface area (Å²) >= 11 is 0. The highest BCUT2D eigenvalue weighted by Gasteiger charge is 2.23. The van der Waals surface area contributed by atoms with Crippen LogP contribution >= 0.6 is 12.4 Å². The minimum atomic E-state index is -0.311. The van der Waals surface area contributed by atoms with E-state index in [4.69, 9.17) is 4.74 Å². The first-order valence-electron chi connectivity index (χ1n) is 5.18. The minimum Gasteiger partial charge on any atom is -0.449 e. The molecule has 2 rings (SSSR count). The summed E-state index contributed by atoms with van der Waals surface area (Å²) in [6.07, 6.45) is 0.533. The van der Waals surface area contributed by atoms with E-state index < -0.39 is 0 Å². The number of alkyl carbamates (subject to hydrolysis) is 1. The first-order valence-corrected chi connectivity index (χ1v) is 5.18. The smallest absolute Gasteiger partial charge is 0.407 e. The molecule has 4 heteroatoms. The van der Waals surface area contributed by atoms with Gasteiger partial charge < -0.3 is 10.1 Å². The molecule has 1 aliphatic rings. The van der Waals surface area contributed by atoms with Gasteiger partial charge in [0.25, 0.3) is 0 Å². The Morgan fingerprint density at radius 1 is 1.31 bits per heavy atom. The van der Waals surface area contributed by atoms with Gasteiger partial charge in [0.15, 0.2) is 0 Å². The number of hydrogen-bond acceptors (Lipinski definition) is 2. The molecule has 0 spiro atoms. The van der Waals surface area contributed by atoms with Crippen LogP contribution in [-0.4, -0.2) is 12.7 Å². The minimum absolute atomic E-state index is 0. The molecule has 88 valence electrons. The van der Waals surface area contributed by atoms with Gasteiger partial charge in [-0.2, -0.15) is 0 Å². The Labute approximate surface area is 102 Å². The molecule has 1 aromatic rings. The highest BCUT2D eigenvalue weighted by atomic mass is 35.5. The number of hydrogen-bond donors (Lipinski definition) is 1. The van der Waals surface area contributed by atoms with Gasteiger partial charge >= 0.3 is 6.09 Å². The molecule has 1 fully saturated rings. The SMILES string of the molecule is Cc1cccc(C)c1[C@H]1CCOC(=O)N1.Cl. The van der Waals surface area contributed by atoms with Crippen molar-refractivity contribution in [2.45, 2.75) is 26.3 Å². The third kappa shape index (κ3) is 2.47. The van der Waals surface area contributed by atoms with Gasteiger partial charge in [0, 0.05) is 6.42 Å². The molecule has 16 heavy (non-hydrogen) atoms. The normalized spacial score (nSPS) is 19.4.